The largest absolute Gasteiger partial charge is 0.464 e. The van der Waals surface area contributed by atoms with Gasteiger partial charge in [-0.05, 0) is 36.6 Å². The summed E-state index contributed by atoms with van der Waals surface area (Å²) in [7, 11) is -4.55. The SMILES string of the molecule is [2H]c1c([2H])n([C@@H]2O[C@H](COP(=O)(NC(CC(C)C)C(=O)OCC(C)C)Oc3cccc4ccccc34)[C@@H](O)[C@@]2(C)F)c(=O)[nH]c1=O. The maximum absolute atomic E-state index is 15.9. The number of halogens is 1. The van der Waals surface area contributed by atoms with Gasteiger partial charge in [0, 0.05) is 17.6 Å². The number of benzene rings is 2. The lowest BCUT2D eigenvalue weighted by atomic mass is 9.98. The van der Waals surface area contributed by atoms with E-state index < -0.39 is 73.9 Å². The lowest BCUT2D eigenvalue weighted by Crippen LogP contribution is -2.44. The Morgan fingerprint density at radius 3 is 2.61 bits per heavy atom. The van der Waals surface area contributed by atoms with Gasteiger partial charge in [0.1, 0.15) is 24.0 Å². The van der Waals surface area contributed by atoms with Crippen molar-refractivity contribution >= 4 is 24.5 Å². The van der Waals surface area contributed by atoms with E-state index in [0.717, 1.165) is 12.3 Å². The Kier molecular flexibility index (Phi) is 9.58. The Hall–Kier alpha value is -3.35. The molecule has 0 spiro atoms. The van der Waals surface area contributed by atoms with Gasteiger partial charge >= 0.3 is 19.4 Å². The normalized spacial score (nSPS) is 24.6. The average molecular weight is 638 g/mol. The number of nitrogens with one attached hydrogen (secondary N) is 2. The number of fused-ring (bicyclic) bond motifs is 1. The van der Waals surface area contributed by atoms with Gasteiger partial charge in [0.05, 0.1) is 16.0 Å². The van der Waals surface area contributed by atoms with Crippen LogP contribution < -0.4 is 20.9 Å². The number of nitrogens with zero attached hydrogens (tertiary/aromatic N) is 1. The Morgan fingerprint density at radius 2 is 1.91 bits per heavy atom. The fourth-order valence-corrected chi connectivity index (χ4v) is 6.26. The summed E-state index contributed by atoms with van der Waals surface area (Å²) in [6.07, 6.45) is -6.26. The number of rotatable bonds is 13. The molecule has 12 nitrogen and oxygen atoms in total. The van der Waals surface area contributed by atoms with Gasteiger partial charge in [-0.1, -0.05) is 64.1 Å². The summed E-state index contributed by atoms with van der Waals surface area (Å²) in [6, 6.07) is 10.1. The summed E-state index contributed by atoms with van der Waals surface area (Å²) >= 11 is 0. The number of aromatic nitrogens is 2. The predicted molar refractivity (Wildman–Crippen MR) is 161 cm³/mol. The van der Waals surface area contributed by atoms with Crippen LogP contribution in [-0.4, -0.2) is 57.8 Å². The minimum absolute atomic E-state index is 0.0351. The summed E-state index contributed by atoms with van der Waals surface area (Å²) in [5.41, 5.74) is -5.10. The first-order valence-corrected chi connectivity index (χ1v) is 15.8. The molecule has 1 aliphatic heterocycles. The van der Waals surface area contributed by atoms with E-state index >= 15 is 4.39 Å². The maximum Gasteiger partial charge on any atom is 0.459 e. The van der Waals surface area contributed by atoms with Crippen LogP contribution in [-0.2, 0) is 23.4 Å². The number of ether oxygens (including phenoxy) is 2. The number of hydrogen-bond acceptors (Lipinski definition) is 9. The van der Waals surface area contributed by atoms with Gasteiger partial charge in [-0.3, -0.25) is 23.7 Å². The molecule has 0 aliphatic carbocycles. The van der Waals surface area contributed by atoms with Crippen LogP contribution in [0.3, 0.4) is 0 Å². The van der Waals surface area contributed by atoms with Gasteiger partial charge in [-0.15, -0.1) is 0 Å². The molecule has 14 heteroatoms. The van der Waals surface area contributed by atoms with E-state index in [-0.39, 0.29) is 30.6 Å². The number of carbonyl (C=O) groups excluding carboxylic acids is 1. The Morgan fingerprint density at radius 1 is 1.20 bits per heavy atom. The number of aromatic amines is 1. The summed E-state index contributed by atoms with van der Waals surface area (Å²) in [5.74, 6) is -0.559. The van der Waals surface area contributed by atoms with Crippen LogP contribution in [0.5, 0.6) is 5.75 Å². The van der Waals surface area contributed by atoms with Crippen molar-refractivity contribution in [3.05, 3.63) is 75.5 Å². The van der Waals surface area contributed by atoms with E-state index in [9.17, 15) is 24.1 Å². The van der Waals surface area contributed by atoms with Crippen LogP contribution in [0.15, 0.2) is 64.3 Å². The zero-order chi connectivity index (χ0) is 34.0. The van der Waals surface area contributed by atoms with Crippen LogP contribution in [0.4, 0.5) is 4.39 Å². The number of esters is 1. The fourth-order valence-electron chi connectivity index (χ4n) is 4.72. The molecule has 2 unspecified atom stereocenters. The molecule has 1 aromatic heterocycles. The highest BCUT2D eigenvalue weighted by molar-refractivity contribution is 7.52. The van der Waals surface area contributed by atoms with Crippen molar-refractivity contribution in [2.24, 2.45) is 11.8 Å². The summed E-state index contributed by atoms with van der Waals surface area (Å²) in [4.78, 5) is 39.2. The van der Waals surface area contributed by atoms with E-state index in [4.69, 9.17) is 21.3 Å². The summed E-state index contributed by atoms with van der Waals surface area (Å²) in [6.45, 7) is 7.71. The minimum atomic E-state index is -4.55. The van der Waals surface area contributed by atoms with Gasteiger partial charge in [0.15, 0.2) is 11.9 Å². The highest BCUT2D eigenvalue weighted by Crippen LogP contribution is 2.49. The van der Waals surface area contributed by atoms with Crippen molar-refractivity contribution in [1.82, 2.24) is 14.6 Å². The second-order valence-electron chi connectivity index (χ2n) is 11.7. The smallest absolute Gasteiger partial charge is 0.459 e. The van der Waals surface area contributed by atoms with Crippen molar-refractivity contribution in [3.63, 3.8) is 0 Å². The number of alkyl halides is 1. The maximum atomic E-state index is 15.9. The Balaban J connectivity index is 1.67. The third kappa shape index (κ3) is 7.83. The third-order valence-electron chi connectivity index (χ3n) is 6.92. The fraction of sp³-hybridized carbons (Fsp3) is 0.500. The van der Waals surface area contributed by atoms with E-state index in [1.165, 1.54) is 0 Å². The second kappa shape index (κ2) is 13.7. The van der Waals surface area contributed by atoms with Crippen LogP contribution in [0.1, 0.15) is 50.0 Å². The minimum Gasteiger partial charge on any atom is -0.464 e. The van der Waals surface area contributed by atoms with Crippen molar-refractivity contribution in [2.75, 3.05) is 13.2 Å². The van der Waals surface area contributed by atoms with Gasteiger partial charge in [0.2, 0.25) is 0 Å². The molecule has 6 atom stereocenters. The zero-order valence-electron chi connectivity index (χ0n) is 27.1. The summed E-state index contributed by atoms with van der Waals surface area (Å²) < 4.78 is 69.4. The molecule has 0 saturated carbocycles. The number of hydrogen-bond donors (Lipinski definition) is 3. The van der Waals surface area contributed by atoms with Crippen molar-refractivity contribution in [3.8, 4) is 5.75 Å². The van der Waals surface area contributed by atoms with Crippen LogP contribution >= 0.6 is 7.75 Å². The van der Waals surface area contributed by atoms with Crippen molar-refractivity contribution in [1.29, 1.82) is 0 Å². The zero-order valence-corrected chi connectivity index (χ0v) is 26.0. The molecule has 0 bridgehead atoms. The number of aliphatic hydroxyl groups excluding tert-OH is 1. The first kappa shape index (κ1) is 30.7. The molecule has 44 heavy (non-hydrogen) atoms. The van der Waals surface area contributed by atoms with Gasteiger partial charge in [-0.25, -0.2) is 13.8 Å². The highest BCUT2D eigenvalue weighted by Gasteiger charge is 2.56. The third-order valence-corrected chi connectivity index (χ3v) is 8.48. The molecule has 4 rings (SSSR count). The molecule has 3 aromatic rings. The molecule has 2 aromatic carbocycles. The average Bonchev–Trinajstić information content (AvgIpc) is 3.21. The van der Waals surface area contributed by atoms with Gasteiger partial charge in [-0.2, -0.15) is 5.09 Å². The predicted octanol–water partition coefficient (Wildman–Crippen LogP) is 4.08. The lowest BCUT2D eigenvalue weighted by Gasteiger charge is -2.27. The molecule has 1 saturated heterocycles. The molecule has 1 aliphatic rings. The van der Waals surface area contributed by atoms with Gasteiger partial charge < -0.3 is 19.1 Å². The number of carbonyl (C=O) groups is 1. The van der Waals surface area contributed by atoms with Crippen LogP contribution in [0.25, 0.3) is 10.8 Å². The van der Waals surface area contributed by atoms with Crippen molar-refractivity contribution in [2.45, 2.75) is 71.2 Å². The van der Waals surface area contributed by atoms with E-state index in [2.05, 4.69) is 5.09 Å². The Labute approximate surface area is 256 Å². The topological polar surface area (TPSA) is 158 Å². The van der Waals surface area contributed by atoms with E-state index in [1.807, 2.05) is 50.9 Å². The monoisotopic (exact) mass is 637 g/mol. The first-order valence-electron chi connectivity index (χ1n) is 15.2. The molecular weight excluding hydrogens is 596 g/mol. The van der Waals surface area contributed by atoms with Gasteiger partial charge in [0.25, 0.3) is 5.56 Å². The molecule has 2 heterocycles. The molecule has 0 radical (unpaired) electrons. The standard InChI is InChI=1S/C30H39FN3O9P/c1-18(2)15-22(27(37)40-16-19(3)4)33-44(39,43-23-12-8-10-20-9-6-7-11-21(20)23)41-17-24-26(36)30(5,31)28(42-24)34-14-13-25(35)32-29(34)38/h6-14,18-19,22,24,26,28,36H,15-17H2,1-5H3,(H,33,39)(H,32,35,38)/t22?,24-,26-,28-,30-,44?/m1/s1/i13D,14D. The van der Waals surface area contributed by atoms with Crippen LogP contribution in [0, 0.1) is 11.8 Å². The number of H-pyrrole nitrogens is 1. The summed E-state index contributed by atoms with van der Waals surface area (Å²) in [5, 5.41) is 14.9. The van der Waals surface area contributed by atoms with E-state index in [1.54, 1.807) is 24.3 Å². The highest BCUT2D eigenvalue weighted by atomic mass is 31.2. The van der Waals surface area contributed by atoms with E-state index in [0.29, 0.717) is 9.95 Å². The molecule has 240 valence electrons. The molecule has 3 N–H and O–H groups in total. The Bertz CT molecular complexity index is 1730. The van der Waals surface area contributed by atoms with Crippen molar-refractivity contribution < 1.29 is 40.1 Å². The van der Waals surface area contributed by atoms with Crippen LogP contribution in [0.2, 0.25) is 0 Å². The quantitative estimate of drug-likeness (QED) is 0.184. The molecule has 0 amide bonds. The molecule has 1 fully saturated rings. The lowest BCUT2D eigenvalue weighted by molar-refractivity contribution is -0.147. The molecular formula is C30H39FN3O9P. The first-order chi connectivity index (χ1) is 21.5. The second-order valence-corrected chi connectivity index (χ2v) is 13.4. The number of aliphatic hydroxyl groups is 1.